The minimum atomic E-state index is -1.20. The Labute approximate surface area is 147 Å². The van der Waals surface area contributed by atoms with Crippen LogP contribution in [-0.2, 0) is 23.1 Å². The van der Waals surface area contributed by atoms with Crippen LogP contribution in [0.25, 0.3) is 0 Å². The number of hydrogen-bond acceptors (Lipinski definition) is 4. The fourth-order valence-corrected chi connectivity index (χ4v) is 3.99. The molecule has 1 amide bonds. The van der Waals surface area contributed by atoms with Crippen LogP contribution >= 0.6 is 11.3 Å². The first kappa shape index (κ1) is 16.7. The van der Waals surface area contributed by atoms with Crippen molar-refractivity contribution in [2.24, 2.45) is 0 Å². The van der Waals surface area contributed by atoms with Crippen molar-refractivity contribution in [2.75, 3.05) is 0 Å². The molecule has 2 heterocycles. The van der Waals surface area contributed by atoms with Crippen LogP contribution in [0.5, 0.6) is 0 Å². The molecule has 0 bridgehead atoms. The first-order chi connectivity index (χ1) is 11.6. The Balaban J connectivity index is 1.60. The number of furan rings is 1. The number of hydrogen-bond donors (Lipinski definition) is 1. The number of amides is 1. The summed E-state index contributed by atoms with van der Waals surface area (Å²) in [6, 6.07) is 14.8. The topological polar surface area (TPSA) is 59.3 Å². The summed E-state index contributed by atoms with van der Waals surface area (Å²) >= 11 is 1.59. The molecule has 4 nitrogen and oxygen atoms in total. The third kappa shape index (κ3) is 4.21. The molecule has 0 spiro atoms. The summed E-state index contributed by atoms with van der Waals surface area (Å²) in [6.07, 6.45) is 0. The Kier molecular flexibility index (Phi) is 5.27. The second-order valence-electron chi connectivity index (χ2n) is 5.33. The van der Waals surface area contributed by atoms with Gasteiger partial charge < -0.3 is 9.73 Å². The SMILES string of the molecule is Cc1cccc([S@](=O)Cc2ccc(C(=O)NCc3cccs3)o2)c1. The fraction of sp³-hybridized carbons (Fsp3) is 0.167. The lowest BCUT2D eigenvalue weighted by atomic mass is 10.2. The van der Waals surface area contributed by atoms with Gasteiger partial charge in [0, 0.05) is 9.77 Å². The van der Waals surface area contributed by atoms with Crippen LogP contribution in [0.3, 0.4) is 0 Å². The monoisotopic (exact) mass is 359 g/mol. The normalized spacial score (nSPS) is 12.0. The largest absolute Gasteiger partial charge is 0.455 e. The third-order valence-corrected chi connectivity index (χ3v) is 5.62. The predicted molar refractivity (Wildman–Crippen MR) is 95.5 cm³/mol. The van der Waals surface area contributed by atoms with Crippen molar-refractivity contribution in [1.82, 2.24) is 5.32 Å². The van der Waals surface area contributed by atoms with Crippen molar-refractivity contribution in [3.05, 3.63) is 75.9 Å². The summed E-state index contributed by atoms with van der Waals surface area (Å²) in [6.45, 7) is 2.44. The van der Waals surface area contributed by atoms with Crippen LogP contribution in [0.2, 0.25) is 0 Å². The Hall–Kier alpha value is -2.18. The molecule has 0 aliphatic heterocycles. The highest BCUT2D eigenvalue weighted by Crippen LogP contribution is 2.16. The summed E-state index contributed by atoms with van der Waals surface area (Å²) in [4.78, 5) is 13.9. The average molecular weight is 359 g/mol. The van der Waals surface area contributed by atoms with E-state index in [0.717, 1.165) is 15.3 Å². The maximum absolute atomic E-state index is 12.4. The first-order valence-corrected chi connectivity index (χ1v) is 9.66. The van der Waals surface area contributed by atoms with Gasteiger partial charge in [-0.15, -0.1) is 11.3 Å². The van der Waals surface area contributed by atoms with Gasteiger partial charge in [0.05, 0.1) is 23.1 Å². The van der Waals surface area contributed by atoms with Gasteiger partial charge in [-0.05, 0) is 48.2 Å². The van der Waals surface area contributed by atoms with E-state index in [0.29, 0.717) is 12.3 Å². The van der Waals surface area contributed by atoms with Crippen LogP contribution in [0.15, 0.2) is 63.2 Å². The van der Waals surface area contributed by atoms with Crippen molar-refractivity contribution in [2.45, 2.75) is 24.1 Å². The average Bonchev–Trinajstić information content (AvgIpc) is 3.24. The molecule has 0 unspecified atom stereocenters. The van der Waals surface area contributed by atoms with Gasteiger partial charge in [-0.2, -0.15) is 0 Å². The molecule has 0 saturated heterocycles. The highest BCUT2D eigenvalue weighted by Gasteiger charge is 2.13. The van der Waals surface area contributed by atoms with Crippen molar-refractivity contribution >= 4 is 28.0 Å². The maximum Gasteiger partial charge on any atom is 0.287 e. The molecule has 2 aromatic heterocycles. The molecular formula is C18H17NO3S2. The second kappa shape index (κ2) is 7.59. The van der Waals surface area contributed by atoms with Crippen LogP contribution < -0.4 is 5.32 Å². The zero-order valence-corrected chi connectivity index (χ0v) is 14.8. The van der Waals surface area contributed by atoms with Gasteiger partial charge in [-0.3, -0.25) is 9.00 Å². The molecule has 0 radical (unpaired) electrons. The Morgan fingerprint density at radius 3 is 2.83 bits per heavy atom. The number of thiophene rings is 1. The van der Waals surface area contributed by atoms with Crippen LogP contribution in [0, 0.1) is 6.92 Å². The van der Waals surface area contributed by atoms with Crippen LogP contribution in [0.4, 0.5) is 0 Å². The van der Waals surface area contributed by atoms with Gasteiger partial charge in [-0.1, -0.05) is 18.2 Å². The third-order valence-electron chi connectivity index (χ3n) is 3.41. The quantitative estimate of drug-likeness (QED) is 0.726. The first-order valence-electron chi connectivity index (χ1n) is 7.46. The second-order valence-corrected chi connectivity index (χ2v) is 7.82. The minimum absolute atomic E-state index is 0.239. The van der Waals surface area contributed by atoms with E-state index >= 15 is 0 Å². The number of carbonyl (C=O) groups is 1. The lowest BCUT2D eigenvalue weighted by Gasteiger charge is -2.02. The molecule has 24 heavy (non-hydrogen) atoms. The van der Waals surface area contributed by atoms with Crippen molar-refractivity contribution in [1.29, 1.82) is 0 Å². The number of nitrogens with one attached hydrogen (secondary N) is 1. The molecule has 1 aromatic carbocycles. The lowest BCUT2D eigenvalue weighted by molar-refractivity contribution is 0.0922. The molecule has 0 aliphatic rings. The summed E-state index contributed by atoms with van der Waals surface area (Å²) < 4.78 is 17.9. The summed E-state index contributed by atoms with van der Waals surface area (Å²) in [5.74, 6) is 0.761. The van der Waals surface area contributed by atoms with Crippen LogP contribution in [0.1, 0.15) is 26.8 Å². The minimum Gasteiger partial charge on any atom is -0.455 e. The van der Waals surface area contributed by atoms with E-state index in [2.05, 4.69) is 5.32 Å². The summed E-state index contributed by atoms with van der Waals surface area (Å²) in [7, 11) is -1.20. The molecule has 0 fully saturated rings. The molecule has 1 atom stereocenters. The van der Waals surface area contributed by atoms with Gasteiger partial charge in [0.1, 0.15) is 5.76 Å². The Morgan fingerprint density at radius 1 is 1.21 bits per heavy atom. The maximum atomic E-state index is 12.4. The Bertz CT molecular complexity index is 853. The molecule has 1 N–H and O–H groups in total. The lowest BCUT2D eigenvalue weighted by Crippen LogP contribution is -2.21. The van der Waals surface area contributed by atoms with Crippen LogP contribution in [-0.4, -0.2) is 10.1 Å². The smallest absolute Gasteiger partial charge is 0.287 e. The van der Waals surface area contributed by atoms with E-state index in [9.17, 15) is 9.00 Å². The van der Waals surface area contributed by atoms with Crippen molar-refractivity contribution in [3.63, 3.8) is 0 Å². The molecular weight excluding hydrogens is 342 g/mol. The molecule has 0 aliphatic carbocycles. The van der Waals surface area contributed by atoms with E-state index in [-0.39, 0.29) is 17.4 Å². The number of aryl methyl sites for hydroxylation is 1. The summed E-state index contributed by atoms with van der Waals surface area (Å²) in [5.41, 5.74) is 1.06. The van der Waals surface area contributed by atoms with Crippen molar-refractivity contribution in [3.8, 4) is 0 Å². The molecule has 6 heteroatoms. The number of carbonyl (C=O) groups excluding carboxylic acids is 1. The fourth-order valence-electron chi connectivity index (χ4n) is 2.21. The molecule has 124 valence electrons. The van der Waals surface area contributed by atoms with Gasteiger partial charge in [0.2, 0.25) is 0 Å². The van der Waals surface area contributed by atoms with Gasteiger partial charge in [-0.25, -0.2) is 0 Å². The molecule has 0 saturated carbocycles. The number of rotatable bonds is 6. The number of benzene rings is 1. The zero-order valence-electron chi connectivity index (χ0n) is 13.2. The molecule has 3 aromatic rings. The van der Waals surface area contributed by atoms with Gasteiger partial charge >= 0.3 is 0 Å². The van der Waals surface area contributed by atoms with Gasteiger partial charge in [0.15, 0.2) is 5.76 Å². The Morgan fingerprint density at radius 2 is 2.08 bits per heavy atom. The van der Waals surface area contributed by atoms with Gasteiger partial charge in [0.25, 0.3) is 5.91 Å². The van der Waals surface area contributed by atoms with E-state index in [1.54, 1.807) is 23.5 Å². The highest BCUT2D eigenvalue weighted by molar-refractivity contribution is 7.84. The van der Waals surface area contributed by atoms with E-state index in [1.807, 2.05) is 48.7 Å². The predicted octanol–water partition coefficient (Wildman–Crippen LogP) is 3.89. The standard InChI is InChI=1S/C18H17NO3S2/c1-13-4-2-6-16(10-13)24(21)12-14-7-8-17(22-14)18(20)19-11-15-5-3-9-23-15/h2-10H,11-12H2,1H3,(H,19,20)/t24-/m1/s1. The van der Waals surface area contributed by atoms with Crippen molar-refractivity contribution < 1.29 is 13.4 Å². The summed E-state index contributed by atoms with van der Waals surface area (Å²) in [5, 5.41) is 4.77. The van der Waals surface area contributed by atoms with E-state index in [1.165, 1.54) is 0 Å². The zero-order chi connectivity index (χ0) is 16.9. The van der Waals surface area contributed by atoms with E-state index in [4.69, 9.17) is 4.42 Å². The van der Waals surface area contributed by atoms with E-state index < -0.39 is 10.8 Å². The molecule has 3 rings (SSSR count). The highest BCUT2D eigenvalue weighted by atomic mass is 32.2.